The van der Waals surface area contributed by atoms with Gasteiger partial charge >= 0.3 is 6.18 Å². The molecule has 1 saturated heterocycles. The number of pyridine rings is 2. The smallest absolute Gasteiger partial charge is 0.362 e. The van der Waals surface area contributed by atoms with Crippen LogP contribution in [0.25, 0.3) is 0 Å². The lowest BCUT2D eigenvalue weighted by Crippen LogP contribution is -2.41. The van der Waals surface area contributed by atoms with Crippen molar-refractivity contribution < 1.29 is 13.2 Å². The first kappa shape index (κ1) is 25.3. The molecule has 0 amide bonds. The fraction of sp³-hybridized carbons (Fsp3) is 0.522. The highest BCUT2D eigenvalue weighted by Gasteiger charge is 2.39. The summed E-state index contributed by atoms with van der Waals surface area (Å²) >= 11 is 1.01. The Morgan fingerprint density at radius 3 is 2.67 bits per heavy atom. The third kappa shape index (κ3) is 6.38. The van der Waals surface area contributed by atoms with Crippen molar-refractivity contribution in [2.75, 3.05) is 11.9 Å². The van der Waals surface area contributed by atoms with Gasteiger partial charge in [0.05, 0.1) is 17.6 Å². The summed E-state index contributed by atoms with van der Waals surface area (Å²) in [5.41, 5.74) is -0.688. The topological polar surface area (TPSA) is 90.9 Å². The SMILES string of the molecule is CCC(=N)N1C[C@@H](CC[C@@H](Nc2cccc(SN)n2)c2cccc(C(F)(F)F)n2)CC1(C)C. The molecule has 0 spiro atoms. The number of nitrogens with two attached hydrogens (primary N) is 1. The van der Waals surface area contributed by atoms with Crippen LogP contribution in [-0.4, -0.2) is 32.8 Å². The van der Waals surface area contributed by atoms with Gasteiger partial charge in [0, 0.05) is 18.5 Å². The number of amidine groups is 1. The molecule has 1 aliphatic rings. The Kier molecular flexibility index (Phi) is 7.89. The summed E-state index contributed by atoms with van der Waals surface area (Å²) in [6.45, 7) is 7.04. The number of anilines is 1. The Balaban J connectivity index is 1.81. The summed E-state index contributed by atoms with van der Waals surface area (Å²) in [5.74, 6) is 1.49. The fourth-order valence-corrected chi connectivity index (χ4v) is 4.79. The van der Waals surface area contributed by atoms with Crippen molar-refractivity contribution in [2.45, 2.75) is 69.2 Å². The monoisotopic (exact) mass is 480 g/mol. The van der Waals surface area contributed by atoms with Crippen LogP contribution in [0.15, 0.2) is 41.4 Å². The van der Waals surface area contributed by atoms with E-state index in [4.69, 9.17) is 10.5 Å². The third-order valence-electron chi connectivity index (χ3n) is 6.07. The Hall–Kier alpha value is -2.33. The van der Waals surface area contributed by atoms with Crippen LogP contribution in [-0.2, 0) is 6.18 Å². The summed E-state index contributed by atoms with van der Waals surface area (Å²) in [6, 6.07) is 8.89. The summed E-state index contributed by atoms with van der Waals surface area (Å²) in [5, 5.41) is 17.8. The zero-order chi connectivity index (χ0) is 24.2. The Morgan fingerprint density at radius 2 is 2.00 bits per heavy atom. The van der Waals surface area contributed by atoms with Crippen molar-refractivity contribution in [3.05, 3.63) is 47.8 Å². The highest BCUT2D eigenvalue weighted by molar-refractivity contribution is 7.97. The summed E-state index contributed by atoms with van der Waals surface area (Å²) in [7, 11) is 0. The highest BCUT2D eigenvalue weighted by Crippen LogP contribution is 2.37. The van der Waals surface area contributed by atoms with E-state index in [9.17, 15) is 13.2 Å². The molecular formula is C23H31F3N6S. The van der Waals surface area contributed by atoms with Gasteiger partial charge in [-0.1, -0.05) is 19.1 Å². The quantitative estimate of drug-likeness (QED) is 0.248. The molecule has 2 aromatic rings. The lowest BCUT2D eigenvalue weighted by Gasteiger charge is -2.33. The van der Waals surface area contributed by atoms with E-state index >= 15 is 0 Å². The maximum Gasteiger partial charge on any atom is 0.433 e. The van der Waals surface area contributed by atoms with Crippen LogP contribution in [0, 0.1) is 11.3 Å². The van der Waals surface area contributed by atoms with Gasteiger partial charge in [-0.25, -0.2) is 9.97 Å². The molecule has 2 atom stereocenters. The van der Waals surface area contributed by atoms with E-state index < -0.39 is 17.9 Å². The van der Waals surface area contributed by atoms with Gasteiger partial charge in [0.1, 0.15) is 16.5 Å². The zero-order valence-electron chi connectivity index (χ0n) is 19.1. The van der Waals surface area contributed by atoms with Crippen LogP contribution >= 0.6 is 11.9 Å². The maximum absolute atomic E-state index is 13.3. The molecule has 0 saturated carbocycles. The van der Waals surface area contributed by atoms with Crippen LogP contribution in [0.4, 0.5) is 19.0 Å². The van der Waals surface area contributed by atoms with E-state index in [1.165, 1.54) is 6.07 Å². The van der Waals surface area contributed by atoms with Crippen molar-refractivity contribution in [1.29, 1.82) is 5.41 Å². The zero-order valence-corrected chi connectivity index (χ0v) is 19.9. The van der Waals surface area contributed by atoms with E-state index in [0.717, 1.165) is 37.4 Å². The van der Waals surface area contributed by atoms with Gasteiger partial charge in [0.15, 0.2) is 0 Å². The molecule has 33 heavy (non-hydrogen) atoms. The number of nitrogens with one attached hydrogen (secondary N) is 2. The average Bonchev–Trinajstić information content (AvgIpc) is 3.09. The second-order valence-corrected chi connectivity index (χ2v) is 9.65. The van der Waals surface area contributed by atoms with Gasteiger partial charge in [0.25, 0.3) is 0 Å². The standard InChI is InChI=1S/C23H31F3N6S/c1-4-19(27)32-14-15(13-22(32,2)3)11-12-17(30-20-9-6-10-21(31-20)33-28)16-7-5-8-18(29-16)23(24,25)26/h5-10,15,17,27H,4,11-14,28H2,1-3H3,(H,30,31)/t15-,17+/m0/s1. The minimum absolute atomic E-state index is 0.108. The highest BCUT2D eigenvalue weighted by atomic mass is 32.2. The van der Waals surface area contributed by atoms with Gasteiger partial charge in [-0.2, -0.15) is 13.2 Å². The number of rotatable bonds is 8. The lowest BCUT2D eigenvalue weighted by atomic mass is 9.91. The molecule has 2 aromatic heterocycles. The number of nitrogens with zero attached hydrogens (tertiary/aromatic N) is 3. The molecule has 0 radical (unpaired) electrons. The number of hydrogen-bond acceptors (Lipinski definition) is 6. The average molecular weight is 481 g/mol. The lowest BCUT2D eigenvalue weighted by molar-refractivity contribution is -0.141. The molecule has 1 aliphatic heterocycles. The minimum Gasteiger partial charge on any atom is -0.362 e. The van der Waals surface area contributed by atoms with Crippen LogP contribution in [0.3, 0.4) is 0 Å². The molecule has 3 rings (SSSR count). The Bertz CT molecular complexity index is 965. The maximum atomic E-state index is 13.3. The summed E-state index contributed by atoms with van der Waals surface area (Å²) in [4.78, 5) is 10.5. The van der Waals surface area contributed by atoms with Crippen molar-refractivity contribution in [3.63, 3.8) is 0 Å². The van der Waals surface area contributed by atoms with Gasteiger partial charge in [-0.3, -0.25) is 10.5 Å². The number of aromatic nitrogens is 2. The van der Waals surface area contributed by atoms with E-state index in [1.807, 2.05) is 6.92 Å². The predicted octanol–water partition coefficient (Wildman–Crippen LogP) is 5.88. The molecule has 10 heteroatoms. The molecule has 0 aliphatic carbocycles. The van der Waals surface area contributed by atoms with Crippen molar-refractivity contribution >= 4 is 23.6 Å². The summed E-state index contributed by atoms with van der Waals surface area (Å²) < 4.78 is 39.9. The van der Waals surface area contributed by atoms with Crippen LogP contribution < -0.4 is 10.5 Å². The molecular weight excluding hydrogens is 449 g/mol. The first-order valence-electron chi connectivity index (χ1n) is 11.0. The normalized spacial score (nSPS) is 18.9. The van der Waals surface area contributed by atoms with Gasteiger partial charge in [-0.05, 0) is 75.2 Å². The van der Waals surface area contributed by atoms with E-state index in [1.54, 1.807) is 24.3 Å². The first-order valence-corrected chi connectivity index (χ1v) is 11.9. The van der Waals surface area contributed by atoms with Crippen LogP contribution in [0.5, 0.6) is 0 Å². The molecule has 0 bridgehead atoms. The number of likely N-dealkylation sites (tertiary alicyclic amines) is 1. The predicted molar refractivity (Wildman–Crippen MR) is 126 cm³/mol. The van der Waals surface area contributed by atoms with E-state index in [2.05, 4.69) is 34.0 Å². The number of alkyl halides is 3. The largest absolute Gasteiger partial charge is 0.433 e. The molecule has 1 fully saturated rings. The molecule has 0 unspecified atom stereocenters. The molecule has 6 nitrogen and oxygen atoms in total. The first-order chi connectivity index (χ1) is 15.5. The van der Waals surface area contributed by atoms with Gasteiger partial charge < -0.3 is 10.2 Å². The fourth-order valence-electron chi connectivity index (χ4n) is 4.49. The molecule has 180 valence electrons. The van der Waals surface area contributed by atoms with Crippen molar-refractivity contribution in [1.82, 2.24) is 14.9 Å². The second kappa shape index (κ2) is 10.3. The van der Waals surface area contributed by atoms with Gasteiger partial charge in [0.2, 0.25) is 0 Å². The van der Waals surface area contributed by atoms with E-state index in [-0.39, 0.29) is 5.54 Å². The minimum atomic E-state index is -4.51. The molecule has 4 N–H and O–H groups in total. The van der Waals surface area contributed by atoms with Crippen molar-refractivity contribution in [3.8, 4) is 0 Å². The van der Waals surface area contributed by atoms with Crippen LogP contribution in [0.1, 0.15) is 63.9 Å². The van der Waals surface area contributed by atoms with Crippen molar-refractivity contribution in [2.24, 2.45) is 11.1 Å². The summed E-state index contributed by atoms with van der Waals surface area (Å²) in [6.07, 6.45) is -1.53. The number of hydrogen-bond donors (Lipinski definition) is 3. The molecule has 3 heterocycles. The van der Waals surface area contributed by atoms with Crippen LogP contribution in [0.2, 0.25) is 0 Å². The third-order valence-corrected chi connectivity index (χ3v) is 6.54. The second-order valence-electron chi connectivity index (χ2n) is 8.99. The molecule has 0 aromatic carbocycles. The Morgan fingerprint density at radius 1 is 1.27 bits per heavy atom. The van der Waals surface area contributed by atoms with E-state index in [0.29, 0.717) is 41.1 Å². The number of halogens is 3. The Labute approximate surface area is 197 Å². The van der Waals surface area contributed by atoms with Gasteiger partial charge in [-0.15, -0.1) is 0 Å².